The zero-order valence-electron chi connectivity index (χ0n) is 11.6. The van der Waals surface area contributed by atoms with Crippen molar-refractivity contribution in [2.75, 3.05) is 5.32 Å². The Morgan fingerprint density at radius 3 is 2.70 bits per heavy atom. The number of carbonyl (C=O) groups is 1. The second-order valence-corrected chi connectivity index (χ2v) is 4.62. The van der Waals surface area contributed by atoms with Crippen molar-refractivity contribution >= 4 is 23.2 Å². The smallest absolute Gasteiger partial charge is 0.378 e. The fourth-order valence-electron chi connectivity index (χ4n) is 1.81. The predicted octanol–water partition coefficient (Wildman–Crippen LogP) is 0.370. The first-order valence-electron chi connectivity index (χ1n) is 5.79. The zero-order valence-corrected chi connectivity index (χ0v) is 12.3. The van der Waals surface area contributed by atoms with Crippen LogP contribution in [0.2, 0.25) is 5.02 Å². The molecule has 0 bridgehead atoms. The molecule has 0 unspecified atom stereocenters. The average Bonchev–Trinajstić information content (AvgIpc) is 2.74. The van der Waals surface area contributed by atoms with Crippen LogP contribution < -0.4 is 24.2 Å². The molecule has 0 aliphatic rings. The Balaban J connectivity index is 0.00000200. The molecule has 2 aromatic rings. The van der Waals surface area contributed by atoms with Gasteiger partial charge < -0.3 is 23.7 Å². The maximum Gasteiger partial charge on any atom is 1.00 e. The van der Waals surface area contributed by atoms with E-state index in [4.69, 9.17) is 11.6 Å². The number of imidazole rings is 1. The predicted molar refractivity (Wildman–Crippen MR) is 76.2 cm³/mol. The van der Waals surface area contributed by atoms with Crippen LogP contribution in [0.25, 0.3) is 0 Å². The number of hydrogen-bond donors (Lipinski definition) is 1. The number of anilines is 1. The van der Waals surface area contributed by atoms with Crippen molar-refractivity contribution < 1.29 is 23.7 Å². The summed E-state index contributed by atoms with van der Waals surface area (Å²) in [7, 11) is 0. The van der Waals surface area contributed by atoms with Crippen molar-refractivity contribution in [3.8, 4) is 0 Å². The molecular formula is C14H14ClLiN3O-. The van der Waals surface area contributed by atoms with Gasteiger partial charge in [0.05, 0.1) is 16.9 Å². The molecule has 1 amide bonds. The van der Waals surface area contributed by atoms with Gasteiger partial charge >= 0.3 is 18.9 Å². The third-order valence-corrected chi connectivity index (χ3v) is 3.00. The number of para-hydroxylation sites is 1. The van der Waals surface area contributed by atoms with Gasteiger partial charge in [-0.15, -0.1) is 0 Å². The largest absolute Gasteiger partial charge is 1.00 e. The van der Waals surface area contributed by atoms with E-state index in [0.717, 1.165) is 0 Å². The van der Waals surface area contributed by atoms with Gasteiger partial charge in [-0.25, -0.2) is 0 Å². The van der Waals surface area contributed by atoms with E-state index in [0.29, 0.717) is 22.2 Å². The van der Waals surface area contributed by atoms with Gasteiger partial charge in [-0.3, -0.25) is 9.78 Å². The molecule has 0 aliphatic heterocycles. The topological polar surface area (TPSA) is 46.9 Å². The van der Waals surface area contributed by atoms with Crippen molar-refractivity contribution in [1.29, 1.82) is 0 Å². The number of nitrogens with one attached hydrogen (secondary N) is 1. The summed E-state index contributed by atoms with van der Waals surface area (Å²) in [5.74, 6) is 0.220. The third-order valence-electron chi connectivity index (χ3n) is 2.67. The van der Waals surface area contributed by atoms with Gasteiger partial charge in [-0.1, -0.05) is 36.7 Å². The van der Waals surface area contributed by atoms with Crippen LogP contribution in [0, 0.1) is 13.8 Å². The number of amides is 1. The molecule has 0 saturated carbocycles. The minimum absolute atomic E-state index is 0. The van der Waals surface area contributed by atoms with Crippen LogP contribution in [0.1, 0.15) is 29.3 Å². The maximum absolute atomic E-state index is 12.2. The van der Waals surface area contributed by atoms with Crippen LogP contribution in [0.3, 0.4) is 0 Å². The molecule has 1 N–H and O–H groups in total. The summed E-state index contributed by atoms with van der Waals surface area (Å²) in [5, 5.41) is 3.23. The van der Waals surface area contributed by atoms with E-state index in [1.807, 2.05) is 6.92 Å². The first kappa shape index (κ1) is 16.7. The normalized spacial score (nSPS) is 11.6. The van der Waals surface area contributed by atoms with Gasteiger partial charge in [0.25, 0.3) is 5.91 Å². The number of hydrogen-bond acceptors (Lipinski definition) is 2. The van der Waals surface area contributed by atoms with Crippen molar-refractivity contribution in [1.82, 2.24) is 9.55 Å². The second-order valence-electron chi connectivity index (χ2n) is 4.21. The van der Waals surface area contributed by atoms with Crippen LogP contribution in [0.4, 0.5) is 5.69 Å². The van der Waals surface area contributed by atoms with Crippen LogP contribution in [0.5, 0.6) is 0 Å². The van der Waals surface area contributed by atoms with E-state index in [1.54, 1.807) is 28.8 Å². The summed E-state index contributed by atoms with van der Waals surface area (Å²) in [6.45, 7) is 9.53. The van der Waals surface area contributed by atoms with Gasteiger partial charge in [-0.2, -0.15) is 0 Å². The Labute approximate surface area is 135 Å². The number of aromatic nitrogens is 2. The first-order valence-corrected chi connectivity index (χ1v) is 6.16. The van der Waals surface area contributed by atoms with Gasteiger partial charge in [0.15, 0.2) is 0 Å². The molecule has 0 fully saturated rings. The third kappa shape index (κ3) is 3.40. The van der Waals surface area contributed by atoms with E-state index < -0.39 is 0 Å². The summed E-state index contributed by atoms with van der Waals surface area (Å²) in [6.07, 6.45) is 1.48. The Morgan fingerprint density at radius 2 is 2.10 bits per heavy atom. The average molecular weight is 283 g/mol. The number of benzene rings is 1. The summed E-state index contributed by atoms with van der Waals surface area (Å²) in [5.41, 5.74) is 0.969. The molecule has 1 atom stereocenters. The zero-order chi connectivity index (χ0) is 14.0. The summed E-state index contributed by atoms with van der Waals surface area (Å²) in [6, 6.07) is 6.91. The van der Waals surface area contributed by atoms with E-state index in [9.17, 15) is 4.79 Å². The minimum atomic E-state index is -0.286. The van der Waals surface area contributed by atoms with E-state index in [-0.39, 0.29) is 30.8 Å². The van der Waals surface area contributed by atoms with E-state index in [2.05, 4.69) is 24.1 Å². The van der Waals surface area contributed by atoms with E-state index in [1.165, 1.54) is 6.20 Å². The molecule has 1 aromatic carbocycles. The molecule has 0 spiro atoms. The second kappa shape index (κ2) is 6.89. The number of nitrogens with zero attached hydrogens (tertiary/aromatic N) is 2. The molecule has 1 aromatic heterocycles. The monoisotopic (exact) mass is 282 g/mol. The Hall–Kier alpha value is -1.34. The molecule has 0 aliphatic carbocycles. The summed E-state index contributed by atoms with van der Waals surface area (Å²) in [4.78, 5) is 16.3. The van der Waals surface area contributed by atoms with Gasteiger partial charge in [0.2, 0.25) is 0 Å². The molecule has 4 nitrogen and oxygen atoms in total. The van der Waals surface area contributed by atoms with Crippen LogP contribution in [0.15, 0.2) is 30.5 Å². The molecular weight excluding hydrogens is 269 g/mol. The Morgan fingerprint density at radius 1 is 1.45 bits per heavy atom. The molecule has 0 radical (unpaired) electrons. The van der Waals surface area contributed by atoms with Crippen LogP contribution >= 0.6 is 11.6 Å². The van der Waals surface area contributed by atoms with E-state index >= 15 is 0 Å². The van der Waals surface area contributed by atoms with Crippen molar-refractivity contribution in [2.24, 2.45) is 0 Å². The summed E-state index contributed by atoms with van der Waals surface area (Å²) >= 11 is 6.00. The fraction of sp³-hybridized carbons (Fsp3) is 0.143. The molecule has 1 heterocycles. The minimum Gasteiger partial charge on any atom is -0.378 e. The molecule has 0 saturated heterocycles. The first-order chi connectivity index (χ1) is 9.00. The molecule has 6 heteroatoms. The number of halogens is 1. The standard InChI is InChI=1S/C14H14ClN3O.Li/c1-9(2)18-10(3)16-8-13(18)14(19)17-12-7-5-4-6-11(12)15;/h4-9H,1,3H2,2H3,(H,17,19);/q-2;+1/t9-;/m0./s1. The van der Waals surface area contributed by atoms with Gasteiger partial charge in [0.1, 0.15) is 5.69 Å². The fourth-order valence-corrected chi connectivity index (χ4v) is 1.99. The Bertz CT molecular complexity index is 610. The SMILES string of the molecule is [CH2-]c1ncc(C(=O)Nc2ccccc2Cl)n1[C@@H]([CH2-])C.[Li+]. The van der Waals surface area contributed by atoms with Gasteiger partial charge in [-0.05, 0) is 18.0 Å². The molecule has 2 rings (SSSR count). The van der Waals surface area contributed by atoms with Crippen LogP contribution in [-0.4, -0.2) is 15.5 Å². The Kier molecular flexibility index (Phi) is 5.76. The molecule has 20 heavy (non-hydrogen) atoms. The maximum atomic E-state index is 12.2. The number of rotatable bonds is 3. The van der Waals surface area contributed by atoms with Crippen molar-refractivity contribution in [3.05, 3.63) is 60.9 Å². The van der Waals surface area contributed by atoms with Crippen molar-refractivity contribution in [3.63, 3.8) is 0 Å². The summed E-state index contributed by atoms with van der Waals surface area (Å²) < 4.78 is 1.67. The van der Waals surface area contributed by atoms with Gasteiger partial charge in [0, 0.05) is 0 Å². The number of carbonyl (C=O) groups excluding carboxylic acids is 1. The molecule has 100 valence electrons. The van der Waals surface area contributed by atoms with Crippen molar-refractivity contribution in [2.45, 2.75) is 13.0 Å². The quantitative estimate of drug-likeness (QED) is 0.653. The van der Waals surface area contributed by atoms with Crippen LogP contribution in [-0.2, 0) is 0 Å².